The highest BCUT2D eigenvalue weighted by molar-refractivity contribution is 4.79. The van der Waals surface area contributed by atoms with Gasteiger partial charge in [-0.25, -0.2) is 0 Å². The van der Waals surface area contributed by atoms with Crippen molar-refractivity contribution in [2.45, 2.75) is 71.4 Å². The molecule has 2 nitrogen and oxygen atoms in total. The summed E-state index contributed by atoms with van der Waals surface area (Å²) in [6.07, 6.45) is 4.88. The summed E-state index contributed by atoms with van der Waals surface area (Å²) in [7, 11) is 0. The molecule has 78 valence electrons. The molecule has 1 aliphatic carbocycles. The first-order chi connectivity index (χ1) is 6.09. The van der Waals surface area contributed by atoms with E-state index in [0.29, 0.717) is 24.4 Å². The molecule has 0 unspecified atom stereocenters. The maximum atomic E-state index is 5.80. The van der Waals surface area contributed by atoms with Crippen LogP contribution in [0.5, 0.6) is 0 Å². The summed E-state index contributed by atoms with van der Waals surface area (Å²) in [5.41, 5.74) is 0. The van der Waals surface area contributed by atoms with Gasteiger partial charge >= 0.3 is 0 Å². The smallest absolute Gasteiger partial charge is 0.0840 e. The van der Waals surface area contributed by atoms with Crippen LogP contribution in [0.15, 0.2) is 0 Å². The minimum Gasteiger partial charge on any atom is -0.373 e. The second kappa shape index (κ2) is 4.97. The molecule has 2 atom stereocenters. The third-order valence-electron chi connectivity index (χ3n) is 2.29. The molecule has 0 N–H and O–H groups in total. The maximum Gasteiger partial charge on any atom is 0.0840 e. The molecule has 0 spiro atoms. The van der Waals surface area contributed by atoms with Crippen LogP contribution in [0.1, 0.15) is 47.0 Å². The van der Waals surface area contributed by atoms with E-state index in [1.807, 2.05) is 0 Å². The van der Waals surface area contributed by atoms with Gasteiger partial charge in [-0.1, -0.05) is 0 Å². The molecule has 1 fully saturated rings. The standard InChI is InChI=1S/C11H22O2/c1-8(2)12-10-6-5-7-11(10)13-9(3)4/h8-11H,5-7H2,1-4H3/t10-,11+. The second-order valence-corrected chi connectivity index (χ2v) is 4.38. The number of rotatable bonds is 4. The van der Waals surface area contributed by atoms with Crippen LogP contribution < -0.4 is 0 Å². The van der Waals surface area contributed by atoms with Crippen molar-refractivity contribution in [2.75, 3.05) is 0 Å². The minimum atomic E-state index is 0.321. The Morgan fingerprint density at radius 2 is 1.23 bits per heavy atom. The molecule has 0 aromatic carbocycles. The molecule has 1 aliphatic rings. The molecule has 0 radical (unpaired) electrons. The lowest BCUT2D eigenvalue weighted by atomic mass is 10.2. The van der Waals surface area contributed by atoms with Crippen molar-refractivity contribution >= 4 is 0 Å². The van der Waals surface area contributed by atoms with Gasteiger partial charge in [0.25, 0.3) is 0 Å². The fourth-order valence-electron chi connectivity index (χ4n) is 1.90. The zero-order chi connectivity index (χ0) is 9.84. The Labute approximate surface area is 81.6 Å². The van der Waals surface area contributed by atoms with Gasteiger partial charge in [-0.15, -0.1) is 0 Å². The van der Waals surface area contributed by atoms with Crippen molar-refractivity contribution in [3.63, 3.8) is 0 Å². The molecule has 1 saturated carbocycles. The zero-order valence-corrected chi connectivity index (χ0v) is 9.25. The molecule has 0 aliphatic heterocycles. The Bertz CT molecular complexity index is 127. The van der Waals surface area contributed by atoms with Gasteiger partial charge in [0.1, 0.15) is 0 Å². The van der Waals surface area contributed by atoms with Crippen molar-refractivity contribution in [1.29, 1.82) is 0 Å². The van der Waals surface area contributed by atoms with Crippen molar-refractivity contribution in [3.8, 4) is 0 Å². The van der Waals surface area contributed by atoms with Crippen LogP contribution in [-0.2, 0) is 9.47 Å². The lowest BCUT2D eigenvalue weighted by Gasteiger charge is -2.24. The van der Waals surface area contributed by atoms with E-state index < -0.39 is 0 Å². The van der Waals surface area contributed by atoms with Crippen LogP contribution >= 0.6 is 0 Å². The molecule has 0 heterocycles. The SMILES string of the molecule is CC(C)O[C@H]1CCC[C@H]1OC(C)C. The predicted octanol–water partition coefficient (Wildman–Crippen LogP) is 2.76. The summed E-state index contributed by atoms with van der Waals surface area (Å²) in [5, 5.41) is 0. The molecular formula is C11H22O2. The average molecular weight is 186 g/mol. The van der Waals surface area contributed by atoms with E-state index in [-0.39, 0.29) is 0 Å². The Morgan fingerprint density at radius 1 is 0.846 bits per heavy atom. The molecule has 0 amide bonds. The van der Waals surface area contributed by atoms with Gasteiger partial charge in [0.05, 0.1) is 24.4 Å². The monoisotopic (exact) mass is 186 g/mol. The summed E-state index contributed by atoms with van der Waals surface area (Å²) >= 11 is 0. The molecule has 0 aromatic heterocycles. The highest BCUT2D eigenvalue weighted by atomic mass is 16.6. The zero-order valence-electron chi connectivity index (χ0n) is 9.25. The third-order valence-corrected chi connectivity index (χ3v) is 2.29. The maximum absolute atomic E-state index is 5.80. The average Bonchev–Trinajstić information content (AvgIpc) is 2.34. The number of ether oxygens (including phenoxy) is 2. The van der Waals surface area contributed by atoms with Gasteiger partial charge in [0.2, 0.25) is 0 Å². The molecular weight excluding hydrogens is 164 g/mol. The number of hydrogen-bond acceptors (Lipinski definition) is 2. The lowest BCUT2D eigenvalue weighted by molar-refractivity contribution is -0.0942. The first-order valence-corrected chi connectivity index (χ1v) is 5.40. The Balaban J connectivity index is 2.35. The van der Waals surface area contributed by atoms with E-state index in [4.69, 9.17) is 9.47 Å². The van der Waals surface area contributed by atoms with Gasteiger partial charge < -0.3 is 9.47 Å². The molecule has 0 saturated heterocycles. The largest absolute Gasteiger partial charge is 0.373 e. The van der Waals surface area contributed by atoms with E-state index in [9.17, 15) is 0 Å². The summed E-state index contributed by atoms with van der Waals surface area (Å²) in [6.45, 7) is 8.35. The van der Waals surface area contributed by atoms with Crippen LogP contribution in [0.2, 0.25) is 0 Å². The van der Waals surface area contributed by atoms with Crippen molar-refractivity contribution in [3.05, 3.63) is 0 Å². The van der Waals surface area contributed by atoms with Crippen molar-refractivity contribution in [2.24, 2.45) is 0 Å². The molecule has 0 aromatic rings. The van der Waals surface area contributed by atoms with E-state index in [0.717, 1.165) is 12.8 Å². The highest BCUT2D eigenvalue weighted by Gasteiger charge is 2.29. The first kappa shape index (κ1) is 11.0. The first-order valence-electron chi connectivity index (χ1n) is 5.40. The van der Waals surface area contributed by atoms with Gasteiger partial charge in [0.15, 0.2) is 0 Å². The fraction of sp³-hybridized carbons (Fsp3) is 1.00. The number of hydrogen-bond donors (Lipinski definition) is 0. The van der Waals surface area contributed by atoms with Crippen LogP contribution in [0.3, 0.4) is 0 Å². The van der Waals surface area contributed by atoms with Crippen molar-refractivity contribution in [1.82, 2.24) is 0 Å². The van der Waals surface area contributed by atoms with E-state index in [2.05, 4.69) is 27.7 Å². The summed E-state index contributed by atoms with van der Waals surface area (Å²) in [5.74, 6) is 0. The predicted molar refractivity (Wildman–Crippen MR) is 53.9 cm³/mol. The minimum absolute atomic E-state index is 0.321. The summed E-state index contributed by atoms with van der Waals surface area (Å²) < 4.78 is 11.6. The second-order valence-electron chi connectivity index (χ2n) is 4.38. The Morgan fingerprint density at radius 3 is 1.54 bits per heavy atom. The van der Waals surface area contributed by atoms with Crippen LogP contribution in [0.4, 0.5) is 0 Å². The quantitative estimate of drug-likeness (QED) is 0.672. The van der Waals surface area contributed by atoms with Gasteiger partial charge in [-0.3, -0.25) is 0 Å². The summed E-state index contributed by atoms with van der Waals surface area (Å²) in [4.78, 5) is 0. The Hall–Kier alpha value is -0.0800. The van der Waals surface area contributed by atoms with Gasteiger partial charge in [-0.05, 0) is 47.0 Å². The van der Waals surface area contributed by atoms with Crippen LogP contribution in [-0.4, -0.2) is 24.4 Å². The highest BCUT2D eigenvalue weighted by Crippen LogP contribution is 2.26. The normalized spacial score (nSPS) is 29.1. The van der Waals surface area contributed by atoms with E-state index >= 15 is 0 Å². The molecule has 0 bridgehead atoms. The molecule has 13 heavy (non-hydrogen) atoms. The Kier molecular flexibility index (Phi) is 4.20. The molecule has 2 heteroatoms. The lowest BCUT2D eigenvalue weighted by Crippen LogP contribution is -2.30. The van der Waals surface area contributed by atoms with E-state index in [1.165, 1.54) is 6.42 Å². The third kappa shape index (κ3) is 3.65. The van der Waals surface area contributed by atoms with Crippen LogP contribution in [0.25, 0.3) is 0 Å². The van der Waals surface area contributed by atoms with Crippen molar-refractivity contribution < 1.29 is 9.47 Å². The topological polar surface area (TPSA) is 18.5 Å². The fourth-order valence-corrected chi connectivity index (χ4v) is 1.90. The van der Waals surface area contributed by atoms with E-state index in [1.54, 1.807) is 0 Å². The van der Waals surface area contributed by atoms with Gasteiger partial charge in [0, 0.05) is 0 Å². The van der Waals surface area contributed by atoms with Crippen LogP contribution in [0, 0.1) is 0 Å². The molecule has 1 rings (SSSR count). The summed E-state index contributed by atoms with van der Waals surface area (Å²) in [6, 6.07) is 0. The van der Waals surface area contributed by atoms with Gasteiger partial charge in [-0.2, -0.15) is 0 Å².